The fraction of sp³-hybridized carbons (Fsp3) is 0. The Morgan fingerprint density at radius 1 is 1.00 bits per heavy atom. The largest absolute Gasteiger partial charge is 0.507 e. The molecule has 110 valence electrons. The first kappa shape index (κ1) is 13.5. The summed E-state index contributed by atoms with van der Waals surface area (Å²) in [6, 6.07) is 7.27. The number of hydrogen-bond donors (Lipinski definition) is 1. The van der Waals surface area contributed by atoms with Crippen molar-refractivity contribution in [2.24, 2.45) is 0 Å². The lowest BCUT2D eigenvalue weighted by Gasteiger charge is -1.99. The average molecular weight is 301 g/mol. The van der Waals surface area contributed by atoms with Gasteiger partial charge in [0.05, 0.1) is 15.4 Å². The van der Waals surface area contributed by atoms with E-state index in [0.717, 1.165) is 18.2 Å². The smallest absolute Gasteiger partial charge is 0.271 e. The summed E-state index contributed by atoms with van der Waals surface area (Å²) >= 11 is 0. The first-order valence-electron chi connectivity index (χ1n) is 5.98. The zero-order valence-electron chi connectivity index (χ0n) is 10.8. The normalized spacial score (nSPS) is 10.7. The van der Waals surface area contributed by atoms with Gasteiger partial charge in [-0.1, -0.05) is 0 Å². The van der Waals surface area contributed by atoms with E-state index in [4.69, 9.17) is 4.42 Å². The molecule has 0 atom stereocenters. The van der Waals surface area contributed by atoms with Crippen LogP contribution in [0.4, 0.5) is 11.4 Å². The minimum absolute atomic E-state index is 0.0352. The van der Waals surface area contributed by atoms with E-state index >= 15 is 0 Å². The summed E-state index contributed by atoms with van der Waals surface area (Å²) < 4.78 is 5.39. The van der Waals surface area contributed by atoms with Crippen molar-refractivity contribution >= 4 is 22.5 Å². The second-order valence-corrected chi connectivity index (χ2v) is 4.39. The highest BCUT2D eigenvalue weighted by Crippen LogP contribution is 2.34. The summed E-state index contributed by atoms with van der Waals surface area (Å²) in [4.78, 5) is 24.4. The van der Waals surface area contributed by atoms with Gasteiger partial charge in [0.2, 0.25) is 5.89 Å². The Labute approximate surface area is 121 Å². The molecule has 0 unspecified atom stereocenters. The van der Waals surface area contributed by atoms with Crippen molar-refractivity contribution in [2.75, 3.05) is 0 Å². The average Bonchev–Trinajstić information content (AvgIpc) is 2.89. The SMILES string of the molecule is O=[N+]([O-])c1ccc(O)c(-c2nc3cc([N+](=O)[O-])ccc3o2)c1. The molecule has 1 aromatic heterocycles. The van der Waals surface area contributed by atoms with Gasteiger partial charge in [0, 0.05) is 24.3 Å². The minimum atomic E-state index is -0.615. The van der Waals surface area contributed by atoms with E-state index in [0.29, 0.717) is 0 Å². The van der Waals surface area contributed by atoms with E-state index in [9.17, 15) is 25.3 Å². The number of phenolic OH excluding ortho intramolecular Hbond substituents is 1. The quantitative estimate of drug-likeness (QED) is 0.580. The summed E-state index contributed by atoms with van der Waals surface area (Å²) in [6.07, 6.45) is 0. The van der Waals surface area contributed by atoms with Gasteiger partial charge in [-0.15, -0.1) is 0 Å². The third-order valence-corrected chi connectivity index (χ3v) is 3.00. The van der Waals surface area contributed by atoms with E-state index in [1.165, 1.54) is 18.2 Å². The van der Waals surface area contributed by atoms with Crippen LogP contribution in [-0.4, -0.2) is 19.9 Å². The van der Waals surface area contributed by atoms with E-state index in [1.54, 1.807) is 0 Å². The molecule has 1 heterocycles. The van der Waals surface area contributed by atoms with Crippen molar-refractivity contribution in [1.29, 1.82) is 0 Å². The first-order valence-corrected chi connectivity index (χ1v) is 5.98. The standard InChI is InChI=1S/C13H7N3O6/c17-11-3-1-7(15(18)19)5-9(11)13-14-10-6-8(16(20)21)2-4-12(10)22-13/h1-6,17H. The maximum Gasteiger partial charge on any atom is 0.271 e. The fourth-order valence-corrected chi connectivity index (χ4v) is 1.95. The summed E-state index contributed by atoms with van der Waals surface area (Å²) in [5.41, 5.74) is 0.131. The highest BCUT2D eigenvalue weighted by atomic mass is 16.6. The van der Waals surface area contributed by atoms with E-state index in [-0.39, 0.29) is 39.7 Å². The maximum atomic E-state index is 10.8. The third-order valence-electron chi connectivity index (χ3n) is 3.00. The van der Waals surface area contributed by atoms with Crippen molar-refractivity contribution in [3.8, 4) is 17.2 Å². The molecule has 0 aliphatic rings. The van der Waals surface area contributed by atoms with Gasteiger partial charge >= 0.3 is 0 Å². The van der Waals surface area contributed by atoms with Crippen molar-refractivity contribution in [3.63, 3.8) is 0 Å². The van der Waals surface area contributed by atoms with E-state index < -0.39 is 9.85 Å². The van der Waals surface area contributed by atoms with Crippen LogP contribution < -0.4 is 0 Å². The highest BCUT2D eigenvalue weighted by Gasteiger charge is 2.18. The van der Waals surface area contributed by atoms with Gasteiger partial charge in [0.1, 0.15) is 11.3 Å². The Balaban J connectivity index is 2.16. The molecule has 9 nitrogen and oxygen atoms in total. The molecular weight excluding hydrogens is 294 g/mol. The van der Waals surface area contributed by atoms with Crippen LogP contribution in [0.2, 0.25) is 0 Å². The van der Waals surface area contributed by atoms with E-state index in [1.807, 2.05) is 0 Å². The lowest BCUT2D eigenvalue weighted by atomic mass is 10.2. The van der Waals surface area contributed by atoms with Gasteiger partial charge in [-0.05, 0) is 12.1 Å². The van der Waals surface area contributed by atoms with Gasteiger partial charge in [-0.25, -0.2) is 4.98 Å². The Morgan fingerprint density at radius 3 is 2.32 bits per heavy atom. The summed E-state index contributed by atoms with van der Waals surface area (Å²) in [7, 11) is 0. The molecule has 3 rings (SSSR count). The molecule has 0 aliphatic carbocycles. The van der Waals surface area contributed by atoms with Gasteiger partial charge in [0.15, 0.2) is 5.58 Å². The molecule has 0 spiro atoms. The predicted octanol–water partition coefficient (Wildman–Crippen LogP) is 3.02. The summed E-state index contributed by atoms with van der Waals surface area (Å²) in [5.74, 6) is -0.302. The zero-order valence-corrected chi connectivity index (χ0v) is 10.8. The summed E-state index contributed by atoms with van der Waals surface area (Å²) in [5, 5.41) is 31.3. The van der Waals surface area contributed by atoms with Crippen LogP contribution in [-0.2, 0) is 0 Å². The van der Waals surface area contributed by atoms with Crippen LogP contribution in [0.1, 0.15) is 0 Å². The maximum absolute atomic E-state index is 10.8. The Hall–Kier alpha value is -3.49. The highest BCUT2D eigenvalue weighted by molar-refractivity contribution is 5.80. The lowest BCUT2D eigenvalue weighted by molar-refractivity contribution is -0.385. The molecule has 0 bridgehead atoms. The monoisotopic (exact) mass is 301 g/mol. The minimum Gasteiger partial charge on any atom is -0.507 e. The topological polar surface area (TPSA) is 133 Å². The van der Waals surface area contributed by atoms with E-state index in [2.05, 4.69) is 4.98 Å². The fourth-order valence-electron chi connectivity index (χ4n) is 1.95. The Bertz CT molecular complexity index is 917. The number of rotatable bonds is 3. The van der Waals surface area contributed by atoms with Crippen LogP contribution in [0.25, 0.3) is 22.6 Å². The molecule has 3 aromatic rings. The number of non-ortho nitro benzene ring substituents is 2. The number of phenols is 1. The number of aromatic hydroxyl groups is 1. The molecule has 9 heteroatoms. The third kappa shape index (κ3) is 2.20. The van der Waals surface area contributed by atoms with Gasteiger partial charge < -0.3 is 9.52 Å². The Morgan fingerprint density at radius 2 is 1.64 bits per heavy atom. The predicted molar refractivity (Wildman–Crippen MR) is 74.4 cm³/mol. The molecule has 0 fully saturated rings. The number of nitro benzene ring substituents is 2. The zero-order chi connectivity index (χ0) is 15.9. The second kappa shape index (κ2) is 4.81. The lowest BCUT2D eigenvalue weighted by Crippen LogP contribution is -1.89. The van der Waals surface area contributed by atoms with Crippen LogP contribution in [0, 0.1) is 20.2 Å². The Kier molecular flexibility index (Phi) is 2.95. The molecule has 0 aliphatic heterocycles. The number of oxazole rings is 1. The molecule has 0 radical (unpaired) electrons. The molecule has 2 aromatic carbocycles. The number of nitrogens with zero attached hydrogens (tertiary/aromatic N) is 3. The van der Waals surface area contributed by atoms with Crippen LogP contribution in [0.15, 0.2) is 40.8 Å². The number of hydrogen-bond acceptors (Lipinski definition) is 7. The van der Waals surface area contributed by atoms with Crippen molar-refractivity contribution in [1.82, 2.24) is 4.98 Å². The first-order chi connectivity index (χ1) is 10.5. The van der Waals surface area contributed by atoms with Crippen LogP contribution in [0.3, 0.4) is 0 Å². The summed E-state index contributed by atoms with van der Waals surface area (Å²) in [6.45, 7) is 0. The van der Waals surface area contributed by atoms with Crippen LogP contribution in [0.5, 0.6) is 5.75 Å². The molecule has 0 saturated carbocycles. The number of aromatic nitrogens is 1. The molecule has 22 heavy (non-hydrogen) atoms. The second-order valence-electron chi connectivity index (χ2n) is 4.39. The van der Waals surface area contributed by atoms with Gasteiger partial charge in [0.25, 0.3) is 11.4 Å². The number of nitro groups is 2. The molecule has 0 saturated heterocycles. The van der Waals surface area contributed by atoms with Gasteiger partial charge in [-0.2, -0.15) is 0 Å². The molecular formula is C13H7N3O6. The molecule has 1 N–H and O–H groups in total. The van der Waals surface area contributed by atoms with Crippen molar-refractivity contribution < 1.29 is 19.4 Å². The molecule has 0 amide bonds. The van der Waals surface area contributed by atoms with Crippen LogP contribution >= 0.6 is 0 Å². The van der Waals surface area contributed by atoms with Crippen molar-refractivity contribution in [3.05, 3.63) is 56.6 Å². The van der Waals surface area contributed by atoms with Crippen molar-refractivity contribution in [2.45, 2.75) is 0 Å². The number of benzene rings is 2. The van der Waals surface area contributed by atoms with Gasteiger partial charge in [-0.3, -0.25) is 20.2 Å². The number of fused-ring (bicyclic) bond motifs is 1.